The Bertz CT molecular complexity index is 1270. The Balaban J connectivity index is 1.54. The maximum Gasteiger partial charge on any atom is 0.354 e. The zero-order chi connectivity index (χ0) is 21.3. The molecule has 3 aromatic heterocycles. The van der Waals surface area contributed by atoms with E-state index in [1.165, 1.54) is 27.8 Å². The van der Waals surface area contributed by atoms with E-state index >= 15 is 0 Å². The number of hydrogen-bond donors (Lipinski definition) is 0. The first kappa shape index (κ1) is 20.0. The highest BCUT2D eigenvalue weighted by atomic mass is 32.1. The standard InChI is InChI=1S/C23H21N3O3S/c1-4-5-15-6-11-18(24-12-15)16-7-9-17(10-8-16)29-23(28)20-14(2)19-21(30-20)25-13-26(3)22(19)27/h6-13H,4-5H2,1-3H3. The lowest BCUT2D eigenvalue weighted by atomic mass is 10.1. The number of pyridine rings is 1. The Morgan fingerprint density at radius 2 is 1.90 bits per heavy atom. The molecule has 4 rings (SSSR count). The molecule has 0 amide bonds. The van der Waals surface area contributed by atoms with Crippen LogP contribution in [0.25, 0.3) is 21.5 Å². The van der Waals surface area contributed by atoms with Gasteiger partial charge in [-0.15, -0.1) is 11.3 Å². The molecule has 0 N–H and O–H groups in total. The number of benzene rings is 1. The average Bonchev–Trinajstić information content (AvgIpc) is 3.09. The van der Waals surface area contributed by atoms with E-state index in [9.17, 15) is 9.59 Å². The highest BCUT2D eigenvalue weighted by Crippen LogP contribution is 2.28. The minimum absolute atomic E-state index is 0.172. The molecule has 7 heteroatoms. The first-order valence-corrected chi connectivity index (χ1v) is 10.5. The molecule has 30 heavy (non-hydrogen) atoms. The first-order valence-electron chi connectivity index (χ1n) is 9.70. The molecule has 4 aromatic rings. The van der Waals surface area contributed by atoms with Crippen LogP contribution in [0.15, 0.2) is 53.7 Å². The molecule has 0 saturated heterocycles. The third-order valence-corrected chi connectivity index (χ3v) is 6.10. The van der Waals surface area contributed by atoms with Gasteiger partial charge in [0, 0.05) is 18.8 Å². The van der Waals surface area contributed by atoms with E-state index in [2.05, 4.69) is 23.0 Å². The van der Waals surface area contributed by atoms with E-state index in [-0.39, 0.29) is 5.56 Å². The number of thiophene rings is 1. The van der Waals surface area contributed by atoms with E-state index in [0.717, 1.165) is 24.1 Å². The maximum atomic E-state index is 12.7. The topological polar surface area (TPSA) is 74.1 Å². The molecule has 0 fully saturated rings. The van der Waals surface area contributed by atoms with E-state index in [1.807, 2.05) is 24.4 Å². The van der Waals surface area contributed by atoms with Crippen LogP contribution in [-0.4, -0.2) is 20.5 Å². The van der Waals surface area contributed by atoms with E-state index < -0.39 is 5.97 Å². The summed E-state index contributed by atoms with van der Waals surface area (Å²) in [5.74, 6) is -0.0589. The fraction of sp³-hybridized carbons (Fsp3) is 0.217. The van der Waals surface area contributed by atoms with Crippen molar-refractivity contribution >= 4 is 27.5 Å². The minimum Gasteiger partial charge on any atom is -0.422 e. The molecule has 0 aliphatic heterocycles. The highest BCUT2D eigenvalue weighted by molar-refractivity contribution is 7.20. The molecule has 0 aliphatic carbocycles. The SMILES string of the molecule is CCCc1ccc(-c2ccc(OC(=O)c3sc4ncn(C)c(=O)c4c3C)cc2)nc1. The number of carbonyl (C=O) groups is 1. The van der Waals surface area contributed by atoms with Crippen LogP contribution in [-0.2, 0) is 13.5 Å². The Labute approximate surface area is 177 Å². The number of hydrogen-bond acceptors (Lipinski definition) is 6. The van der Waals surface area contributed by atoms with Gasteiger partial charge in [0.15, 0.2) is 0 Å². The Kier molecular flexibility index (Phi) is 5.46. The van der Waals surface area contributed by atoms with Crippen LogP contribution in [0.5, 0.6) is 5.75 Å². The normalized spacial score (nSPS) is 11.0. The largest absolute Gasteiger partial charge is 0.422 e. The van der Waals surface area contributed by atoms with Gasteiger partial charge in [0.2, 0.25) is 0 Å². The van der Waals surface area contributed by atoms with Crippen LogP contribution in [0.3, 0.4) is 0 Å². The summed E-state index contributed by atoms with van der Waals surface area (Å²) in [7, 11) is 1.64. The molecule has 1 aromatic carbocycles. The predicted molar refractivity (Wildman–Crippen MR) is 118 cm³/mol. The fourth-order valence-corrected chi connectivity index (χ4v) is 4.30. The summed E-state index contributed by atoms with van der Waals surface area (Å²) in [5, 5.41) is 0.463. The molecule has 6 nitrogen and oxygen atoms in total. The van der Waals surface area contributed by atoms with Crippen molar-refractivity contribution in [3.05, 3.63) is 75.3 Å². The molecule has 152 valence electrons. The summed E-state index contributed by atoms with van der Waals surface area (Å²) >= 11 is 1.17. The van der Waals surface area contributed by atoms with Gasteiger partial charge in [-0.25, -0.2) is 9.78 Å². The quantitative estimate of drug-likeness (QED) is 0.351. The van der Waals surface area contributed by atoms with E-state index in [4.69, 9.17) is 4.74 Å². The molecule has 0 atom stereocenters. The fourth-order valence-electron chi connectivity index (χ4n) is 3.28. The number of carbonyl (C=O) groups excluding carboxylic acids is 1. The van der Waals surface area contributed by atoms with Crippen molar-refractivity contribution < 1.29 is 9.53 Å². The first-order chi connectivity index (χ1) is 14.5. The lowest BCUT2D eigenvalue weighted by Gasteiger charge is -2.06. The summed E-state index contributed by atoms with van der Waals surface area (Å²) in [4.78, 5) is 34.7. The molecule has 0 bridgehead atoms. The number of aryl methyl sites for hydroxylation is 3. The second-order valence-electron chi connectivity index (χ2n) is 7.11. The second kappa shape index (κ2) is 8.20. The Hall–Kier alpha value is -3.32. The molecule has 0 radical (unpaired) electrons. The van der Waals surface area contributed by atoms with Gasteiger partial charge in [-0.1, -0.05) is 19.4 Å². The molecule has 0 aliphatic rings. The van der Waals surface area contributed by atoms with Crippen molar-refractivity contribution in [1.82, 2.24) is 14.5 Å². The van der Waals surface area contributed by atoms with Gasteiger partial charge < -0.3 is 9.30 Å². The van der Waals surface area contributed by atoms with Gasteiger partial charge in [0.1, 0.15) is 15.5 Å². The van der Waals surface area contributed by atoms with Crippen LogP contribution >= 0.6 is 11.3 Å². The minimum atomic E-state index is -0.493. The zero-order valence-corrected chi connectivity index (χ0v) is 17.8. The van der Waals surface area contributed by atoms with Crippen LogP contribution < -0.4 is 10.3 Å². The van der Waals surface area contributed by atoms with Crippen LogP contribution in [0.4, 0.5) is 0 Å². The van der Waals surface area contributed by atoms with Crippen molar-refractivity contribution in [3.8, 4) is 17.0 Å². The van der Waals surface area contributed by atoms with Gasteiger partial charge in [-0.2, -0.15) is 0 Å². The molecular formula is C23H21N3O3S. The van der Waals surface area contributed by atoms with Crippen molar-refractivity contribution in [2.24, 2.45) is 7.05 Å². The van der Waals surface area contributed by atoms with Crippen LogP contribution in [0.2, 0.25) is 0 Å². The summed E-state index contributed by atoms with van der Waals surface area (Å²) in [6, 6.07) is 11.3. The number of rotatable bonds is 5. The summed E-state index contributed by atoms with van der Waals surface area (Å²) in [5.41, 5.74) is 3.46. The number of nitrogens with zero attached hydrogens (tertiary/aromatic N) is 3. The Morgan fingerprint density at radius 1 is 1.13 bits per heavy atom. The third-order valence-electron chi connectivity index (χ3n) is 4.92. The maximum absolute atomic E-state index is 12.7. The number of esters is 1. The lowest BCUT2D eigenvalue weighted by Crippen LogP contribution is -2.17. The Morgan fingerprint density at radius 3 is 2.57 bits per heavy atom. The molecule has 0 unspecified atom stereocenters. The predicted octanol–water partition coefficient (Wildman–Crippen LogP) is 4.54. The van der Waals surface area contributed by atoms with E-state index in [0.29, 0.717) is 26.4 Å². The van der Waals surface area contributed by atoms with Crippen molar-refractivity contribution in [2.45, 2.75) is 26.7 Å². The van der Waals surface area contributed by atoms with Gasteiger partial charge in [0.25, 0.3) is 5.56 Å². The van der Waals surface area contributed by atoms with Crippen molar-refractivity contribution in [1.29, 1.82) is 0 Å². The third kappa shape index (κ3) is 3.76. The summed E-state index contributed by atoms with van der Waals surface area (Å²) < 4.78 is 6.94. The molecular weight excluding hydrogens is 398 g/mol. The zero-order valence-electron chi connectivity index (χ0n) is 17.0. The number of aromatic nitrogens is 3. The van der Waals surface area contributed by atoms with Gasteiger partial charge in [-0.3, -0.25) is 9.78 Å². The molecule has 0 saturated carbocycles. The molecule has 3 heterocycles. The molecule has 0 spiro atoms. The number of ether oxygens (including phenoxy) is 1. The number of fused-ring (bicyclic) bond motifs is 1. The average molecular weight is 420 g/mol. The monoisotopic (exact) mass is 419 g/mol. The van der Waals surface area contributed by atoms with Crippen molar-refractivity contribution in [3.63, 3.8) is 0 Å². The van der Waals surface area contributed by atoms with Crippen LogP contribution in [0.1, 0.15) is 34.1 Å². The van der Waals surface area contributed by atoms with Gasteiger partial charge >= 0.3 is 5.97 Å². The highest BCUT2D eigenvalue weighted by Gasteiger charge is 2.20. The lowest BCUT2D eigenvalue weighted by molar-refractivity contribution is 0.0739. The second-order valence-corrected chi connectivity index (χ2v) is 8.11. The summed E-state index contributed by atoms with van der Waals surface area (Å²) in [6.45, 7) is 3.89. The smallest absolute Gasteiger partial charge is 0.354 e. The van der Waals surface area contributed by atoms with E-state index in [1.54, 1.807) is 26.1 Å². The van der Waals surface area contributed by atoms with Crippen LogP contribution in [0, 0.1) is 6.92 Å². The summed E-state index contributed by atoms with van der Waals surface area (Å²) in [6.07, 6.45) is 5.46. The van der Waals surface area contributed by atoms with Gasteiger partial charge in [-0.05, 0) is 54.8 Å². The van der Waals surface area contributed by atoms with Gasteiger partial charge in [0.05, 0.1) is 17.4 Å². The van der Waals surface area contributed by atoms with Crippen molar-refractivity contribution in [2.75, 3.05) is 0 Å².